The van der Waals surface area contributed by atoms with Gasteiger partial charge in [0.05, 0.1) is 38.4 Å². The molecule has 0 bridgehead atoms. The Morgan fingerprint density at radius 3 is 2.18 bits per heavy atom. The number of phenols is 1. The van der Waals surface area contributed by atoms with Gasteiger partial charge in [0.2, 0.25) is 0 Å². The van der Waals surface area contributed by atoms with E-state index in [1.54, 1.807) is 19.2 Å². The van der Waals surface area contributed by atoms with Crippen LogP contribution in [0.3, 0.4) is 0 Å². The van der Waals surface area contributed by atoms with Gasteiger partial charge in [-0.15, -0.1) is 0 Å². The van der Waals surface area contributed by atoms with Crippen LogP contribution in [0.2, 0.25) is 0 Å². The molecular formula is C31H38O8. The minimum Gasteiger partial charge on any atom is -0.508 e. The Hall–Kier alpha value is -3.91. The number of aliphatic hydroxyl groups excluding tert-OH is 1. The summed E-state index contributed by atoms with van der Waals surface area (Å²) in [4.78, 5) is 11.4. The number of aryl methyl sites for hydroxylation is 1. The Balaban J connectivity index is 2.06. The molecule has 0 heterocycles. The maximum atomic E-state index is 11.4. The summed E-state index contributed by atoms with van der Waals surface area (Å²) in [5.74, 6) is -0.0730. The summed E-state index contributed by atoms with van der Waals surface area (Å²) in [6.45, 7) is 5.63. The molecule has 0 saturated heterocycles. The molecular weight excluding hydrogens is 500 g/mol. The molecule has 0 radical (unpaired) electrons. The first kappa shape index (κ1) is 29.6. The lowest BCUT2D eigenvalue weighted by Crippen LogP contribution is -2.30. The van der Waals surface area contributed by atoms with E-state index in [1.165, 1.54) is 25.3 Å². The van der Waals surface area contributed by atoms with Crippen molar-refractivity contribution in [1.29, 1.82) is 0 Å². The molecule has 8 nitrogen and oxygen atoms in total. The Kier molecular flexibility index (Phi) is 10.5. The highest BCUT2D eigenvalue weighted by molar-refractivity contribution is 5.88. The average molecular weight is 539 g/mol. The van der Waals surface area contributed by atoms with Crippen molar-refractivity contribution >= 4 is 5.97 Å². The largest absolute Gasteiger partial charge is 0.508 e. The van der Waals surface area contributed by atoms with Crippen molar-refractivity contribution in [3.63, 3.8) is 0 Å². The molecule has 3 N–H and O–H groups in total. The number of hydrogen-bond acceptors (Lipinski definition) is 7. The summed E-state index contributed by atoms with van der Waals surface area (Å²) in [5.41, 5.74) is 2.19. The molecule has 8 heteroatoms. The van der Waals surface area contributed by atoms with Gasteiger partial charge in [0.15, 0.2) is 23.0 Å². The zero-order valence-corrected chi connectivity index (χ0v) is 23.1. The molecule has 0 aromatic heterocycles. The van der Waals surface area contributed by atoms with Crippen molar-refractivity contribution in [2.24, 2.45) is 0 Å². The highest BCUT2D eigenvalue weighted by Crippen LogP contribution is 2.41. The number of benzene rings is 3. The molecule has 3 aromatic carbocycles. The number of unbranched alkanes of at least 4 members (excludes halogenated alkanes) is 1. The molecule has 0 aliphatic rings. The van der Waals surface area contributed by atoms with Crippen LogP contribution >= 0.6 is 0 Å². The van der Waals surface area contributed by atoms with E-state index in [0.29, 0.717) is 17.1 Å². The van der Waals surface area contributed by atoms with Crippen LogP contribution in [0.1, 0.15) is 66.1 Å². The van der Waals surface area contributed by atoms with Gasteiger partial charge in [-0.25, -0.2) is 4.79 Å². The highest BCUT2D eigenvalue weighted by atomic mass is 16.5. The Morgan fingerprint density at radius 2 is 1.56 bits per heavy atom. The van der Waals surface area contributed by atoms with Gasteiger partial charge >= 0.3 is 5.97 Å². The third-order valence-corrected chi connectivity index (χ3v) is 6.60. The standard InChI is InChI=1S/C31H38O8/c1-6-7-8-20(3)38-25-13-10-21(16-27(25)36-4)30(23-12-9-19(2)15-24(23)33)29(18-32)39-26-14-11-22(31(34)35)17-28(26)37-5/h9-17,20,29-30,32-33H,6-8,18H2,1-5H3,(H,34,35)/t20-,29?,30?/m1/s1. The zero-order valence-electron chi connectivity index (χ0n) is 23.1. The SMILES string of the molecule is CCCC[C@@H](C)Oc1ccc(C(c2ccc(C)cc2O)C(CO)Oc2ccc(C(=O)O)cc2OC)cc1OC. The molecule has 0 spiro atoms. The number of carboxylic acids is 1. The van der Waals surface area contributed by atoms with Gasteiger partial charge in [0.1, 0.15) is 11.9 Å². The highest BCUT2D eigenvalue weighted by Gasteiger charge is 2.31. The molecule has 0 amide bonds. The summed E-state index contributed by atoms with van der Waals surface area (Å²) in [7, 11) is 2.98. The van der Waals surface area contributed by atoms with Crippen molar-refractivity contribution in [1.82, 2.24) is 0 Å². The van der Waals surface area contributed by atoms with Gasteiger partial charge in [0, 0.05) is 5.56 Å². The quantitative estimate of drug-likeness (QED) is 0.231. The van der Waals surface area contributed by atoms with Gasteiger partial charge in [0.25, 0.3) is 0 Å². The Morgan fingerprint density at radius 1 is 0.897 bits per heavy atom. The van der Waals surface area contributed by atoms with E-state index in [1.807, 2.05) is 38.1 Å². The summed E-state index contributed by atoms with van der Waals surface area (Å²) in [6.07, 6.45) is 2.20. The van der Waals surface area contributed by atoms with E-state index < -0.39 is 24.6 Å². The second-order valence-electron chi connectivity index (χ2n) is 9.53. The van der Waals surface area contributed by atoms with Crippen LogP contribution < -0.4 is 18.9 Å². The van der Waals surface area contributed by atoms with Gasteiger partial charge in [-0.2, -0.15) is 0 Å². The third kappa shape index (κ3) is 7.35. The number of carboxylic acid groups (broad SMARTS) is 1. The number of aromatic hydroxyl groups is 1. The van der Waals surface area contributed by atoms with Crippen molar-refractivity contribution in [3.05, 3.63) is 76.9 Å². The number of carbonyl (C=O) groups is 1. The van der Waals surface area contributed by atoms with Crippen LogP contribution in [-0.2, 0) is 0 Å². The minimum absolute atomic E-state index is 0.0106. The van der Waals surface area contributed by atoms with Crippen molar-refractivity contribution in [3.8, 4) is 28.7 Å². The lowest BCUT2D eigenvalue weighted by Gasteiger charge is -2.29. The molecule has 210 valence electrons. The van der Waals surface area contributed by atoms with Crippen LogP contribution in [0.4, 0.5) is 0 Å². The van der Waals surface area contributed by atoms with Gasteiger partial charge in [-0.05, 0) is 67.8 Å². The summed E-state index contributed by atoms with van der Waals surface area (Å²) in [6, 6.07) is 15.1. The molecule has 0 aliphatic carbocycles. The molecule has 39 heavy (non-hydrogen) atoms. The lowest BCUT2D eigenvalue weighted by molar-refractivity contribution is 0.0695. The minimum atomic E-state index is -1.10. The van der Waals surface area contributed by atoms with Crippen LogP contribution in [0.25, 0.3) is 0 Å². The van der Waals surface area contributed by atoms with Crippen LogP contribution in [-0.4, -0.2) is 54.3 Å². The van der Waals surface area contributed by atoms with Crippen LogP contribution in [0, 0.1) is 6.92 Å². The number of ether oxygens (including phenoxy) is 4. The normalized spacial score (nSPS) is 13.3. The molecule has 0 fully saturated rings. The fraction of sp³-hybridized carbons (Fsp3) is 0.387. The first-order valence-electron chi connectivity index (χ1n) is 13.0. The summed E-state index contributed by atoms with van der Waals surface area (Å²) in [5, 5.41) is 30.8. The molecule has 3 aromatic rings. The molecule has 0 saturated carbocycles. The second-order valence-corrected chi connectivity index (χ2v) is 9.53. The number of aliphatic hydroxyl groups is 1. The second kappa shape index (κ2) is 13.8. The maximum Gasteiger partial charge on any atom is 0.335 e. The van der Waals surface area contributed by atoms with E-state index >= 15 is 0 Å². The van der Waals surface area contributed by atoms with E-state index in [-0.39, 0.29) is 28.9 Å². The van der Waals surface area contributed by atoms with Crippen molar-refractivity contribution in [2.45, 2.75) is 58.2 Å². The fourth-order valence-electron chi connectivity index (χ4n) is 4.53. The average Bonchev–Trinajstić information content (AvgIpc) is 2.92. The van der Waals surface area contributed by atoms with E-state index in [4.69, 9.17) is 18.9 Å². The van der Waals surface area contributed by atoms with Gasteiger partial charge in [-0.1, -0.05) is 38.0 Å². The first-order valence-corrected chi connectivity index (χ1v) is 13.0. The van der Waals surface area contributed by atoms with E-state index in [0.717, 1.165) is 30.4 Å². The van der Waals surface area contributed by atoms with Gasteiger partial charge in [-0.3, -0.25) is 0 Å². The van der Waals surface area contributed by atoms with E-state index in [2.05, 4.69) is 6.92 Å². The van der Waals surface area contributed by atoms with Crippen LogP contribution in [0.15, 0.2) is 54.6 Å². The molecule has 3 rings (SSSR count). The van der Waals surface area contributed by atoms with Gasteiger partial charge < -0.3 is 34.3 Å². The zero-order chi connectivity index (χ0) is 28.5. The molecule has 2 unspecified atom stereocenters. The monoisotopic (exact) mass is 538 g/mol. The lowest BCUT2D eigenvalue weighted by atomic mass is 9.85. The summed E-state index contributed by atoms with van der Waals surface area (Å²) < 4.78 is 23.4. The summed E-state index contributed by atoms with van der Waals surface area (Å²) >= 11 is 0. The topological polar surface area (TPSA) is 115 Å². The Bertz CT molecular complexity index is 1260. The number of hydrogen-bond donors (Lipinski definition) is 3. The fourth-order valence-corrected chi connectivity index (χ4v) is 4.53. The smallest absolute Gasteiger partial charge is 0.335 e. The Labute approximate surface area is 229 Å². The first-order chi connectivity index (χ1) is 18.7. The number of methoxy groups -OCH3 is 2. The number of phenolic OH excluding ortho intramolecular Hbond substituents is 1. The third-order valence-electron chi connectivity index (χ3n) is 6.60. The number of rotatable bonds is 14. The maximum absolute atomic E-state index is 11.4. The van der Waals surface area contributed by atoms with Crippen LogP contribution in [0.5, 0.6) is 28.7 Å². The van der Waals surface area contributed by atoms with Crippen molar-refractivity contribution < 1.29 is 39.1 Å². The number of aromatic carboxylic acids is 1. The molecule has 3 atom stereocenters. The van der Waals surface area contributed by atoms with E-state index in [9.17, 15) is 20.1 Å². The van der Waals surface area contributed by atoms with Crippen molar-refractivity contribution in [2.75, 3.05) is 20.8 Å². The predicted molar refractivity (Wildman–Crippen MR) is 149 cm³/mol. The predicted octanol–water partition coefficient (Wildman–Crippen LogP) is 5.95. The molecule has 0 aliphatic heterocycles.